The van der Waals surface area contributed by atoms with Gasteiger partial charge in [0.05, 0.1) is 11.6 Å². The van der Waals surface area contributed by atoms with E-state index < -0.39 is 0 Å². The van der Waals surface area contributed by atoms with E-state index >= 15 is 0 Å². The van der Waals surface area contributed by atoms with Gasteiger partial charge >= 0.3 is 0 Å². The van der Waals surface area contributed by atoms with Gasteiger partial charge in [0, 0.05) is 10.9 Å². The first kappa shape index (κ1) is 16.7. The molecule has 0 N–H and O–H groups in total. The van der Waals surface area contributed by atoms with Crippen molar-refractivity contribution in [2.75, 3.05) is 4.90 Å². The third kappa shape index (κ3) is 2.84. The normalized spacial score (nSPS) is 20.8. The number of carbonyl (C=O) groups excluding carboxylic acids is 2. The van der Waals surface area contributed by atoms with Crippen molar-refractivity contribution >= 4 is 29.1 Å². The minimum atomic E-state index is -0.336. The molecular weight excluding hydrogens is 322 g/mol. The standard InChI is InChI=1S/C20H20ClNO2/c1-12-7-9-15(10-8-12)11-16-13(2)19(23)22(20(16)24)18-6-4-5-17(21)14(18)3/h4-10,13,16H,11H2,1-3H3/t13-,16+/m0/s1. The van der Waals surface area contributed by atoms with Crippen molar-refractivity contribution < 1.29 is 9.59 Å². The van der Waals surface area contributed by atoms with Crippen LogP contribution in [0.15, 0.2) is 42.5 Å². The number of carbonyl (C=O) groups is 2. The van der Waals surface area contributed by atoms with Gasteiger partial charge in [-0.3, -0.25) is 9.59 Å². The summed E-state index contributed by atoms with van der Waals surface area (Å²) >= 11 is 6.16. The molecule has 0 bridgehead atoms. The first-order valence-corrected chi connectivity index (χ1v) is 8.46. The van der Waals surface area contributed by atoms with Gasteiger partial charge in [-0.15, -0.1) is 0 Å². The van der Waals surface area contributed by atoms with Gasteiger partial charge < -0.3 is 0 Å². The highest BCUT2D eigenvalue weighted by Crippen LogP contribution is 2.36. The van der Waals surface area contributed by atoms with Crippen LogP contribution in [0.25, 0.3) is 0 Å². The summed E-state index contributed by atoms with van der Waals surface area (Å²) in [4.78, 5) is 26.9. The van der Waals surface area contributed by atoms with Crippen molar-refractivity contribution in [1.29, 1.82) is 0 Å². The van der Waals surface area contributed by atoms with Crippen LogP contribution >= 0.6 is 11.6 Å². The highest BCUT2D eigenvalue weighted by atomic mass is 35.5. The van der Waals surface area contributed by atoms with Crippen molar-refractivity contribution in [3.05, 3.63) is 64.2 Å². The van der Waals surface area contributed by atoms with Crippen LogP contribution in [0.2, 0.25) is 5.02 Å². The molecular formula is C20H20ClNO2. The topological polar surface area (TPSA) is 37.4 Å². The molecule has 1 saturated heterocycles. The number of hydrogen-bond donors (Lipinski definition) is 0. The molecule has 124 valence electrons. The summed E-state index contributed by atoms with van der Waals surface area (Å²) in [5.41, 5.74) is 3.60. The maximum absolute atomic E-state index is 12.9. The molecule has 1 aliphatic rings. The molecule has 1 heterocycles. The molecule has 0 radical (unpaired) electrons. The predicted octanol–water partition coefficient (Wildman–Crippen LogP) is 4.33. The van der Waals surface area contributed by atoms with Crippen LogP contribution in [-0.4, -0.2) is 11.8 Å². The Morgan fingerprint density at radius 2 is 1.67 bits per heavy atom. The molecule has 0 unspecified atom stereocenters. The molecule has 0 aliphatic carbocycles. The third-order valence-corrected chi connectivity index (χ3v) is 5.22. The summed E-state index contributed by atoms with van der Waals surface area (Å²) in [5, 5.41) is 0.558. The molecule has 24 heavy (non-hydrogen) atoms. The fraction of sp³-hybridized carbons (Fsp3) is 0.300. The van der Waals surface area contributed by atoms with Gasteiger partial charge in [-0.25, -0.2) is 4.90 Å². The fourth-order valence-electron chi connectivity index (χ4n) is 3.18. The van der Waals surface area contributed by atoms with Gasteiger partial charge in [0.25, 0.3) is 0 Å². The Hall–Kier alpha value is -2.13. The molecule has 2 atom stereocenters. The van der Waals surface area contributed by atoms with Crippen LogP contribution in [0, 0.1) is 25.7 Å². The average molecular weight is 342 g/mol. The van der Waals surface area contributed by atoms with E-state index in [0.717, 1.165) is 11.1 Å². The Morgan fingerprint density at radius 3 is 2.33 bits per heavy atom. The van der Waals surface area contributed by atoms with Gasteiger partial charge in [0.15, 0.2) is 0 Å². The molecule has 2 aromatic rings. The number of nitrogens with zero attached hydrogens (tertiary/aromatic N) is 1. The lowest BCUT2D eigenvalue weighted by Crippen LogP contribution is -2.31. The Kier molecular flexibility index (Phi) is 4.46. The summed E-state index contributed by atoms with van der Waals surface area (Å²) in [7, 11) is 0. The molecule has 0 spiro atoms. The maximum Gasteiger partial charge on any atom is 0.238 e. The molecule has 3 nitrogen and oxygen atoms in total. The Labute approximate surface area is 147 Å². The van der Waals surface area contributed by atoms with E-state index in [0.29, 0.717) is 17.1 Å². The van der Waals surface area contributed by atoms with E-state index in [1.807, 2.05) is 45.0 Å². The third-order valence-electron chi connectivity index (χ3n) is 4.81. The van der Waals surface area contributed by atoms with Crippen molar-refractivity contribution in [2.24, 2.45) is 11.8 Å². The number of benzene rings is 2. The second-order valence-electron chi connectivity index (χ2n) is 6.48. The van der Waals surface area contributed by atoms with Gasteiger partial charge in [-0.05, 0) is 43.5 Å². The number of aryl methyl sites for hydroxylation is 1. The van der Waals surface area contributed by atoms with E-state index in [-0.39, 0.29) is 23.7 Å². The number of anilines is 1. The fourth-order valence-corrected chi connectivity index (χ4v) is 3.35. The zero-order valence-electron chi connectivity index (χ0n) is 14.0. The second kappa shape index (κ2) is 6.40. The Bertz CT molecular complexity index is 798. The first-order chi connectivity index (χ1) is 11.4. The molecule has 0 aromatic heterocycles. The molecule has 2 aromatic carbocycles. The van der Waals surface area contributed by atoms with Crippen LogP contribution in [0.3, 0.4) is 0 Å². The smallest absolute Gasteiger partial charge is 0.238 e. The molecule has 1 aliphatic heterocycles. The number of halogens is 1. The van der Waals surface area contributed by atoms with Crippen LogP contribution in [-0.2, 0) is 16.0 Å². The summed E-state index contributed by atoms with van der Waals surface area (Å²) in [6.45, 7) is 5.69. The molecule has 0 saturated carbocycles. The molecule has 1 fully saturated rings. The van der Waals surface area contributed by atoms with Crippen LogP contribution in [0.4, 0.5) is 5.69 Å². The number of hydrogen-bond acceptors (Lipinski definition) is 2. The van der Waals surface area contributed by atoms with E-state index in [9.17, 15) is 9.59 Å². The second-order valence-corrected chi connectivity index (χ2v) is 6.89. The molecule has 2 amide bonds. The minimum Gasteiger partial charge on any atom is -0.274 e. The summed E-state index contributed by atoms with van der Waals surface area (Å²) < 4.78 is 0. The highest BCUT2D eigenvalue weighted by molar-refractivity contribution is 6.32. The summed E-state index contributed by atoms with van der Waals surface area (Å²) in [6, 6.07) is 13.4. The van der Waals surface area contributed by atoms with Crippen molar-refractivity contribution in [3.8, 4) is 0 Å². The van der Waals surface area contributed by atoms with E-state index in [1.54, 1.807) is 18.2 Å². The number of amides is 2. The Morgan fingerprint density at radius 1 is 1.00 bits per heavy atom. The van der Waals surface area contributed by atoms with Crippen LogP contribution < -0.4 is 4.90 Å². The van der Waals surface area contributed by atoms with Crippen molar-refractivity contribution in [1.82, 2.24) is 0 Å². The highest BCUT2D eigenvalue weighted by Gasteiger charge is 2.46. The lowest BCUT2D eigenvalue weighted by atomic mass is 9.90. The lowest BCUT2D eigenvalue weighted by molar-refractivity contribution is -0.122. The van der Waals surface area contributed by atoms with Crippen molar-refractivity contribution in [3.63, 3.8) is 0 Å². The molecule has 4 heteroatoms. The Balaban J connectivity index is 1.92. The number of rotatable bonds is 3. The van der Waals surface area contributed by atoms with Crippen LogP contribution in [0.5, 0.6) is 0 Å². The quantitative estimate of drug-likeness (QED) is 0.779. The number of imide groups is 1. The van der Waals surface area contributed by atoms with Gasteiger partial charge in [0.1, 0.15) is 0 Å². The minimum absolute atomic E-state index is 0.140. The zero-order chi connectivity index (χ0) is 17.4. The summed E-state index contributed by atoms with van der Waals surface area (Å²) in [5.74, 6) is -0.961. The monoisotopic (exact) mass is 341 g/mol. The van der Waals surface area contributed by atoms with Gasteiger partial charge in [-0.2, -0.15) is 0 Å². The maximum atomic E-state index is 12.9. The van der Waals surface area contributed by atoms with Gasteiger partial charge in [-0.1, -0.05) is 54.4 Å². The van der Waals surface area contributed by atoms with E-state index in [2.05, 4.69) is 0 Å². The predicted molar refractivity (Wildman–Crippen MR) is 96.2 cm³/mol. The SMILES string of the molecule is Cc1ccc(C[C@H]2C(=O)N(c3cccc(Cl)c3C)C(=O)[C@H]2C)cc1. The van der Waals surface area contributed by atoms with E-state index in [4.69, 9.17) is 11.6 Å². The van der Waals surface area contributed by atoms with E-state index in [1.165, 1.54) is 10.5 Å². The molecule has 3 rings (SSSR count). The van der Waals surface area contributed by atoms with Crippen LogP contribution in [0.1, 0.15) is 23.6 Å². The van der Waals surface area contributed by atoms with Gasteiger partial charge in [0.2, 0.25) is 11.8 Å². The van der Waals surface area contributed by atoms with Crippen molar-refractivity contribution in [2.45, 2.75) is 27.2 Å². The lowest BCUT2D eigenvalue weighted by Gasteiger charge is -2.18. The zero-order valence-corrected chi connectivity index (χ0v) is 14.8. The largest absolute Gasteiger partial charge is 0.274 e. The first-order valence-electron chi connectivity index (χ1n) is 8.08. The summed E-state index contributed by atoms with van der Waals surface area (Å²) in [6.07, 6.45) is 0.572. The average Bonchev–Trinajstić information content (AvgIpc) is 2.76.